The first kappa shape index (κ1) is 16.4. The number of amides is 1. The van der Waals surface area contributed by atoms with Gasteiger partial charge in [0.25, 0.3) is 0 Å². The Hall–Kier alpha value is -2.02. The van der Waals surface area contributed by atoms with Gasteiger partial charge < -0.3 is 4.90 Å². The van der Waals surface area contributed by atoms with Crippen molar-refractivity contribution >= 4 is 23.2 Å². The summed E-state index contributed by atoms with van der Waals surface area (Å²) in [5.41, 5.74) is 1.03. The van der Waals surface area contributed by atoms with Crippen molar-refractivity contribution in [2.24, 2.45) is 0 Å². The number of carbonyl (C=O) groups excluding carboxylic acids is 1. The van der Waals surface area contributed by atoms with Gasteiger partial charge in [-0.3, -0.25) is 9.78 Å². The molecule has 2 rings (SSSR count). The van der Waals surface area contributed by atoms with Gasteiger partial charge in [0.15, 0.2) is 5.15 Å². The zero-order valence-corrected chi connectivity index (χ0v) is 12.9. The maximum absolute atomic E-state index is 12.8. The van der Waals surface area contributed by atoms with Crippen molar-refractivity contribution in [1.82, 2.24) is 14.8 Å². The number of pyridine rings is 1. The Morgan fingerprint density at radius 1 is 1.50 bits per heavy atom. The summed E-state index contributed by atoms with van der Waals surface area (Å²) in [6, 6.07) is 3.52. The van der Waals surface area contributed by atoms with Crippen molar-refractivity contribution in [1.29, 1.82) is 0 Å². The molecule has 0 spiro atoms. The molecule has 22 heavy (non-hydrogen) atoms. The molecular weight excluding hydrogens is 314 g/mol. The number of aromatic nitrogens is 3. The minimum Gasteiger partial charge on any atom is -0.311 e. The molecule has 0 unspecified atom stereocenters. The minimum absolute atomic E-state index is 0.114. The van der Waals surface area contributed by atoms with E-state index in [0.717, 1.165) is 6.92 Å². The molecule has 0 aliphatic heterocycles. The second-order valence-corrected chi connectivity index (χ2v) is 5.34. The summed E-state index contributed by atoms with van der Waals surface area (Å²) in [4.78, 5) is 17.2. The lowest BCUT2D eigenvalue weighted by Crippen LogP contribution is -2.27. The van der Waals surface area contributed by atoms with Gasteiger partial charge in [-0.2, -0.15) is 5.10 Å². The van der Waals surface area contributed by atoms with Crippen LogP contribution in [0.5, 0.6) is 0 Å². The molecule has 2 aromatic rings. The third kappa shape index (κ3) is 4.00. The van der Waals surface area contributed by atoms with E-state index in [2.05, 4.69) is 10.1 Å². The van der Waals surface area contributed by atoms with Gasteiger partial charge in [0.2, 0.25) is 11.8 Å². The molecular formula is C14H15ClF2N4O. The maximum Gasteiger partial charge on any atom is 0.245 e. The van der Waals surface area contributed by atoms with E-state index in [9.17, 15) is 13.6 Å². The minimum atomic E-state index is -2.87. The Morgan fingerprint density at radius 2 is 2.23 bits per heavy atom. The number of anilines is 1. The molecule has 0 aromatic carbocycles. The van der Waals surface area contributed by atoms with Crippen molar-refractivity contribution in [3.63, 3.8) is 0 Å². The second kappa shape index (κ2) is 6.39. The van der Waals surface area contributed by atoms with Crippen LogP contribution in [-0.4, -0.2) is 33.6 Å². The molecule has 8 heteroatoms. The lowest BCUT2D eigenvalue weighted by Gasteiger charge is -2.17. The number of alkyl halides is 2. The molecule has 1 amide bonds. The highest BCUT2D eigenvalue weighted by molar-refractivity contribution is 6.32. The number of hydrogen-bond donors (Lipinski definition) is 0. The van der Waals surface area contributed by atoms with Crippen molar-refractivity contribution in [2.45, 2.75) is 25.7 Å². The van der Waals surface area contributed by atoms with E-state index in [-0.39, 0.29) is 11.6 Å². The van der Waals surface area contributed by atoms with Crippen molar-refractivity contribution < 1.29 is 13.6 Å². The molecule has 0 N–H and O–H groups in total. The second-order valence-electron chi connectivity index (χ2n) is 4.98. The van der Waals surface area contributed by atoms with Crippen molar-refractivity contribution in [2.75, 3.05) is 11.9 Å². The number of rotatable bonds is 5. The van der Waals surface area contributed by atoms with Gasteiger partial charge in [-0.1, -0.05) is 11.6 Å². The summed E-state index contributed by atoms with van der Waals surface area (Å²) in [5, 5.41) is 4.21. The molecule has 2 aromatic heterocycles. The lowest BCUT2D eigenvalue weighted by atomic mass is 10.2. The van der Waals surface area contributed by atoms with Gasteiger partial charge in [-0.05, 0) is 19.1 Å². The van der Waals surface area contributed by atoms with Crippen LogP contribution < -0.4 is 4.90 Å². The normalized spacial score (nSPS) is 11.5. The van der Waals surface area contributed by atoms with Crippen LogP contribution in [0.3, 0.4) is 0 Å². The molecule has 118 valence electrons. The molecule has 0 atom stereocenters. The van der Waals surface area contributed by atoms with E-state index in [4.69, 9.17) is 11.6 Å². The summed E-state index contributed by atoms with van der Waals surface area (Å²) in [6.45, 7) is 0.785. The molecule has 0 saturated carbocycles. The lowest BCUT2D eigenvalue weighted by molar-refractivity contribution is -0.120. The van der Waals surface area contributed by atoms with Crippen molar-refractivity contribution in [3.05, 3.63) is 35.9 Å². The van der Waals surface area contributed by atoms with Crippen LogP contribution in [0.1, 0.15) is 19.8 Å². The standard InChI is InChI=1S/C14H15ClF2N4O/c1-14(16,17)6-5-12(22)20(2)11-9-21(19-13(11)15)10-4-3-7-18-8-10/h3-4,7-9H,5-6H2,1-2H3. The topological polar surface area (TPSA) is 51.0 Å². The van der Waals surface area contributed by atoms with E-state index in [1.54, 1.807) is 30.7 Å². The molecule has 0 saturated heterocycles. The molecule has 0 aliphatic carbocycles. The van der Waals surface area contributed by atoms with Gasteiger partial charge in [0.1, 0.15) is 5.69 Å². The SMILES string of the molecule is CN(C(=O)CCC(C)(F)F)c1cn(-c2cccnc2)nc1Cl. The molecule has 0 aliphatic rings. The fourth-order valence-corrected chi connectivity index (χ4v) is 2.08. The molecule has 5 nitrogen and oxygen atoms in total. The van der Waals surface area contributed by atoms with Crippen LogP contribution in [0, 0.1) is 0 Å². The van der Waals surface area contributed by atoms with E-state index in [1.165, 1.54) is 16.6 Å². The van der Waals surface area contributed by atoms with Crippen LogP contribution in [0.4, 0.5) is 14.5 Å². The Balaban J connectivity index is 2.15. The molecule has 0 bridgehead atoms. The largest absolute Gasteiger partial charge is 0.311 e. The first-order valence-electron chi connectivity index (χ1n) is 6.58. The van der Waals surface area contributed by atoms with Crippen LogP contribution in [0.15, 0.2) is 30.7 Å². The van der Waals surface area contributed by atoms with Crippen molar-refractivity contribution in [3.8, 4) is 5.69 Å². The van der Waals surface area contributed by atoms with Crippen LogP contribution >= 0.6 is 11.6 Å². The Bertz CT molecular complexity index is 655. The highest BCUT2D eigenvalue weighted by atomic mass is 35.5. The summed E-state index contributed by atoms with van der Waals surface area (Å²) >= 11 is 6.03. The zero-order valence-electron chi connectivity index (χ0n) is 12.1. The first-order chi connectivity index (χ1) is 10.3. The molecule has 2 heterocycles. The van der Waals surface area contributed by atoms with Crippen LogP contribution in [0.2, 0.25) is 5.15 Å². The summed E-state index contributed by atoms with van der Waals surface area (Å²) in [7, 11) is 1.48. The van der Waals surface area contributed by atoms with Crippen LogP contribution in [0.25, 0.3) is 5.69 Å². The van der Waals surface area contributed by atoms with E-state index >= 15 is 0 Å². The summed E-state index contributed by atoms with van der Waals surface area (Å²) in [5.74, 6) is -3.32. The van der Waals surface area contributed by atoms with Gasteiger partial charge in [-0.15, -0.1) is 0 Å². The Morgan fingerprint density at radius 3 is 2.82 bits per heavy atom. The first-order valence-corrected chi connectivity index (χ1v) is 6.96. The third-order valence-corrected chi connectivity index (χ3v) is 3.34. The Kier molecular flexibility index (Phi) is 4.75. The smallest absolute Gasteiger partial charge is 0.245 e. The molecule has 0 radical (unpaired) electrons. The number of hydrogen-bond acceptors (Lipinski definition) is 3. The summed E-state index contributed by atoms with van der Waals surface area (Å²) < 4.78 is 27.1. The highest BCUT2D eigenvalue weighted by Gasteiger charge is 2.25. The van der Waals surface area contributed by atoms with E-state index in [0.29, 0.717) is 11.4 Å². The quantitative estimate of drug-likeness (QED) is 0.846. The van der Waals surface area contributed by atoms with Gasteiger partial charge >= 0.3 is 0 Å². The monoisotopic (exact) mass is 328 g/mol. The average molecular weight is 329 g/mol. The third-order valence-electron chi connectivity index (χ3n) is 3.08. The van der Waals surface area contributed by atoms with Gasteiger partial charge in [0, 0.05) is 26.1 Å². The maximum atomic E-state index is 12.8. The fourth-order valence-electron chi connectivity index (χ4n) is 1.82. The number of carbonyl (C=O) groups is 1. The van der Waals surface area contributed by atoms with Crippen LogP contribution in [-0.2, 0) is 4.79 Å². The Labute approximate surface area is 131 Å². The fraction of sp³-hybridized carbons (Fsp3) is 0.357. The highest BCUT2D eigenvalue weighted by Crippen LogP contribution is 2.26. The predicted octanol–water partition coefficient (Wildman–Crippen LogP) is 3.32. The summed E-state index contributed by atoms with van der Waals surface area (Å²) in [6.07, 6.45) is 3.99. The van der Waals surface area contributed by atoms with E-state index < -0.39 is 18.3 Å². The van der Waals surface area contributed by atoms with Gasteiger partial charge in [-0.25, -0.2) is 13.5 Å². The number of nitrogens with zero attached hydrogens (tertiary/aromatic N) is 4. The average Bonchev–Trinajstić information content (AvgIpc) is 2.86. The number of halogens is 3. The zero-order chi connectivity index (χ0) is 16.3. The van der Waals surface area contributed by atoms with Gasteiger partial charge in [0.05, 0.1) is 18.1 Å². The van der Waals surface area contributed by atoms with E-state index in [1.807, 2.05) is 0 Å². The molecule has 0 fully saturated rings. The predicted molar refractivity (Wildman–Crippen MR) is 79.6 cm³/mol.